The molecule has 1 saturated carbocycles. The molecule has 1 aliphatic carbocycles. The van der Waals surface area contributed by atoms with E-state index in [9.17, 15) is 13.2 Å². The van der Waals surface area contributed by atoms with Crippen LogP contribution in [0.25, 0.3) is 0 Å². The van der Waals surface area contributed by atoms with E-state index < -0.39 is 12.8 Å². The average Bonchev–Trinajstić information content (AvgIpc) is 2.55. The Balaban J connectivity index is 1.77. The fourth-order valence-electron chi connectivity index (χ4n) is 2.77. The number of halogens is 3. The Morgan fingerprint density at radius 2 is 2.08 bits per heavy atom. The molecule has 0 saturated heterocycles. The molecule has 140 valence electrons. The van der Waals surface area contributed by atoms with Gasteiger partial charge in [-0.05, 0) is 30.2 Å². The van der Waals surface area contributed by atoms with Crippen LogP contribution < -0.4 is 15.4 Å². The predicted octanol–water partition coefficient (Wildman–Crippen LogP) is 3.27. The van der Waals surface area contributed by atoms with Gasteiger partial charge in [0.05, 0.1) is 0 Å². The summed E-state index contributed by atoms with van der Waals surface area (Å²) in [7, 11) is 1.71. The van der Waals surface area contributed by atoms with Crippen molar-refractivity contribution in [2.75, 3.05) is 20.2 Å². The minimum atomic E-state index is -4.36. The smallest absolute Gasteiger partial charge is 0.422 e. The van der Waals surface area contributed by atoms with Crippen LogP contribution in [0.1, 0.15) is 38.2 Å². The molecule has 8 heteroatoms. The Morgan fingerprint density at radius 1 is 1.32 bits per heavy atom. The van der Waals surface area contributed by atoms with Crippen molar-refractivity contribution in [3.63, 3.8) is 0 Å². The van der Waals surface area contributed by atoms with E-state index in [0.29, 0.717) is 17.9 Å². The van der Waals surface area contributed by atoms with Gasteiger partial charge in [0.25, 0.3) is 0 Å². The van der Waals surface area contributed by atoms with Crippen molar-refractivity contribution < 1.29 is 17.9 Å². The van der Waals surface area contributed by atoms with Crippen LogP contribution in [0.5, 0.6) is 5.88 Å². The van der Waals surface area contributed by atoms with Crippen LogP contribution in [-0.2, 0) is 6.54 Å². The Bertz CT molecular complexity index is 563. The first-order chi connectivity index (χ1) is 11.9. The van der Waals surface area contributed by atoms with Gasteiger partial charge in [-0.15, -0.1) is 0 Å². The maximum Gasteiger partial charge on any atom is 0.422 e. The maximum atomic E-state index is 12.1. The second-order valence-electron chi connectivity index (χ2n) is 6.39. The molecule has 1 aliphatic rings. The number of nitrogens with zero attached hydrogens (tertiary/aromatic N) is 2. The summed E-state index contributed by atoms with van der Waals surface area (Å²) in [6.45, 7) is 2.25. The molecule has 0 aliphatic heterocycles. The minimum Gasteiger partial charge on any atom is -0.468 e. The van der Waals surface area contributed by atoms with Gasteiger partial charge in [0.15, 0.2) is 12.6 Å². The van der Waals surface area contributed by atoms with Crippen molar-refractivity contribution in [3.05, 3.63) is 23.9 Å². The monoisotopic (exact) mass is 358 g/mol. The first-order valence-electron chi connectivity index (χ1n) is 8.45. The Morgan fingerprint density at radius 3 is 2.56 bits per heavy atom. The fraction of sp³-hybridized carbons (Fsp3) is 0.647. The van der Waals surface area contributed by atoms with Gasteiger partial charge in [-0.2, -0.15) is 13.2 Å². The van der Waals surface area contributed by atoms with Crippen molar-refractivity contribution in [2.45, 2.75) is 45.3 Å². The predicted molar refractivity (Wildman–Crippen MR) is 90.6 cm³/mol. The molecule has 2 N–H and O–H groups in total. The van der Waals surface area contributed by atoms with Crippen LogP contribution in [0.2, 0.25) is 0 Å². The van der Waals surface area contributed by atoms with E-state index in [4.69, 9.17) is 0 Å². The van der Waals surface area contributed by atoms with Crippen LogP contribution in [0.4, 0.5) is 13.2 Å². The van der Waals surface area contributed by atoms with Gasteiger partial charge in [0.1, 0.15) is 0 Å². The number of aliphatic imine (C=N–C) groups is 1. The Kier molecular flexibility index (Phi) is 6.50. The summed E-state index contributed by atoms with van der Waals surface area (Å²) in [4.78, 5) is 8.08. The molecular weight excluding hydrogens is 333 g/mol. The highest BCUT2D eigenvalue weighted by molar-refractivity contribution is 5.79. The summed E-state index contributed by atoms with van der Waals surface area (Å²) in [5.41, 5.74) is 1.22. The largest absolute Gasteiger partial charge is 0.468 e. The summed E-state index contributed by atoms with van der Waals surface area (Å²) >= 11 is 0. The molecule has 1 aromatic heterocycles. The second kappa shape index (κ2) is 8.40. The highest BCUT2D eigenvalue weighted by atomic mass is 19.4. The molecular formula is C17H25F3N4O. The third-order valence-corrected chi connectivity index (χ3v) is 4.66. The third-order valence-electron chi connectivity index (χ3n) is 4.66. The molecule has 5 nitrogen and oxygen atoms in total. The second-order valence-corrected chi connectivity index (χ2v) is 6.39. The lowest BCUT2D eigenvalue weighted by Gasteiger charge is -2.41. The Hall–Kier alpha value is -1.99. The normalized spacial score (nSPS) is 16.9. The summed E-state index contributed by atoms with van der Waals surface area (Å²) in [6, 6.07) is 3.11. The van der Waals surface area contributed by atoms with Gasteiger partial charge in [-0.1, -0.05) is 19.4 Å². The molecule has 1 fully saturated rings. The van der Waals surface area contributed by atoms with E-state index in [0.717, 1.165) is 18.5 Å². The van der Waals surface area contributed by atoms with Gasteiger partial charge in [0.2, 0.25) is 5.88 Å². The number of hydrogen-bond donors (Lipinski definition) is 2. The fourth-order valence-corrected chi connectivity index (χ4v) is 2.77. The molecule has 0 amide bonds. The molecule has 2 rings (SSSR count). The van der Waals surface area contributed by atoms with E-state index in [1.165, 1.54) is 31.5 Å². The number of alkyl halides is 3. The minimum absolute atomic E-state index is 0.0431. The van der Waals surface area contributed by atoms with Crippen molar-refractivity contribution in [3.8, 4) is 5.88 Å². The van der Waals surface area contributed by atoms with Crippen molar-refractivity contribution >= 4 is 5.96 Å². The molecule has 0 bridgehead atoms. The van der Waals surface area contributed by atoms with Crippen LogP contribution in [0, 0.1) is 5.41 Å². The Labute approximate surface area is 146 Å². The number of hydrogen-bond acceptors (Lipinski definition) is 3. The zero-order valence-corrected chi connectivity index (χ0v) is 14.6. The number of guanidine groups is 1. The van der Waals surface area contributed by atoms with Crippen molar-refractivity contribution in [2.24, 2.45) is 10.4 Å². The molecule has 25 heavy (non-hydrogen) atoms. The number of rotatable bonds is 7. The first-order valence-corrected chi connectivity index (χ1v) is 8.45. The molecule has 1 heterocycles. The topological polar surface area (TPSA) is 58.5 Å². The lowest BCUT2D eigenvalue weighted by molar-refractivity contribution is -0.154. The molecule has 0 radical (unpaired) electrons. The summed E-state index contributed by atoms with van der Waals surface area (Å²) in [5, 5.41) is 6.53. The van der Waals surface area contributed by atoms with Crippen LogP contribution in [0.3, 0.4) is 0 Å². The lowest BCUT2D eigenvalue weighted by atomic mass is 9.67. The quantitative estimate of drug-likeness (QED) is 0.580. The average molecular weight is 358 g/mol. The molecule has 1 aromatic rings. The highest BCUT2D eigenvalue weighted by Gasteiger charge is 2.34. The van der Waals surface area contributed by atoms with Gasteiger partial charge < -0.3 is 15.4 Å². The van der Waals surface area contributed by atoms with Gasteiger partial charge >= 0.3 is 6.18 Å². The van der Waals surface area contributed by atoms with Gasteiger partial charge in [-0.25, -0.2) is 4.98 Å². The van der Waals surface area contributed by atoms with Crippen LogP contribution >= 0.6 is 0 Å². The number of pyridine rings is 1. The molecule has 0 unspecified atom stereocenters. The molecule has 0 spiro atoms. The van der Waals surface area contributed by atoms with E-state index in [1.54, 1.807) is 13.1 Å². The number of aromatic nitrogens is 1. The highest BCUT2D eigenvalue weighted by Crippen LogP contribution is 2.42. The summed E-state index contributed by atoms with van der Waals surface area (Å²) in [5.74, 6) is 0.663. The standard InChI is InChI=1S/C17H25F3N4O/c1-3-16(7-4-8-16)11-24-15(21-2)23-10-13-5-6-14(22-9-13)25-12-17(18,19)20/h5-6,9H,3-4,7-8,10-12H2,1-2H3,(H2,21,23,24). The zero-order valence-electron chi connectivity index (χ0n) is 14.6. The maximum absolute atomic E-state index is 12.1. The third kappa shape index (κ3) is 6.10. The van der Waals surface area contributed by atoms with Crippen LogP contribution in [-0.4, -0.2) is 37.3 Å². The SMILES string of the molecule is CCC1(CNC(=NC)NCc2ccc(OCC(F)(F)F)nc2)CCC1. The lowest BCUT2D eigenvalue weighted by Crippen LogP contribution is -2.46. The van der Waals surface area contributed by atoms with Gasteiger partial charge in [-0.3, -0.25) is 4.99 Å². The summed E-state index contributed by atoms with van der Waals surface area (Å²) < 4.78 is 40.9. The number of nitrogens with one attached hydrogen (secondary N) is 2. The van der Waals surface area contributed by atoms with E-state index in [1.807, 2.05) is 0 Å². The summed E-state index contributed by atoms with van der Waals surface area (Å²) in [6.07, 6.45) is 2.06. The molecule has 0 aromatic carbocycles. The first kappa shape index (κ1) is 19.3. The van der Waals surface area contributed by atoms with Crippen LogP contribution in [0.15, 0.2) is 23.3 Å². The van der Waals surface area contributed by atoms with Gasteiger partial charge in [0, 0.05) is 32.4 Å². The van der Waals surface area contributed by atoms with E-state index >= 15 is 0 Å². The van der Waals surface area contributed by atoms with E-state index in [2.05, 4.69) is 32.3 Å². The zero-order chi connectivity index (χ0) is 18.3. The number of ether oxygens (including phenoxy) is 1. The molecule has 0 atom stereocenters. The van der Waals surface area contributed by atoms with E-state index in [-0.39, 0.29) is 5.88 Å². The van der Waals surface area contributed by atoms with Crippen molar-refractivity contribution in [1.29, 1.82) is 0 Å². The van der Waals surface area contributed by atoms with Crippen molar-refractivity contribution in [1.82, 2.24) is 15.6 Å².